The molecule has 1 aliphatic rings. The van der Waals surface area contributed by atoms with Crippen molar-refractivity contribution in [1.29, 1.82) is 0 Å². The zero-order valence-electron chi connectivity index (χ0n) is 13.4. The van der Waals surface area contributed by atoms with Crippen molar-refractivity contribution >= 4 is 29.1 Å². The van der Waals surface area contributed by atoms with Crippen LogP contribution in [0.2, 0.25) is 0 Å². The van der Waals surface area contributed by atoms with Gasteiger partial charge >= 0.3 is 6.03 Å². The van der Waals surface area contributed by atoms with Crippen LogP contribution in [0.25, 0.3) is 0 Å². The Kier molecular flexibility index (Phi) is 4.16. The molecular formula is C17H14F2N2O3S. The molecule has 1 unspecified atom stereocenters. The van der Waals surface area contributed by atoms with E-state index in [0.717, 1.165) is 21.9 Å². The van der Waals surface area contributed by atoms with Crippen LogP contribution in [0.5, 0.6) is 0 Å². The predicted molar refractivity (Wildman–Crippen MR) is 87.3 cm³/mol. The number of ketones is 1. The number of aryl methyl sites for hydroxylation is 1. The van der Waals surface area contributed by atoms with Crippen molar-refractivity contribution in [2.24, 2.45) is 0 Å². The lowest BCUT2D eigenvalue weighted by atomic mass is 9.92. The van der Waals surface area contributed by atoms with Crippen LogP contribution in [0.15, 0.2) is 30.3 Å². The van der Waals surface area contributed by atoms with E-state index in [1.807, 2.05) is 6.92 Å². The van der Waals surface area contributed by atoms with Crippen LogP contribution in [0.4, 0.5) is 13.6 Å². The number of urea groups is 1. The summed E-state index contributed by atoms with van der Waals surface area (Å²) in [6.45, 7) is 2.82. The van der Waals surface area contributed by atoms with E-state index in [9.17, 15) is 23.2 Å². The van der Waals surface area contributed by atoms with Crippen molar-refractivity contribution < 1.29 is 23.2 Å². The van der Waals surface area contributed by atoms with Gasteiger partial charge in [0.25, 0.3) is 5.91 Å². The van der Waals surface area contributed by atoms with Crippen LogP contribution in [0.3, 0.4) is 0 Å². The molecule has 0 radical (unpaired) electrons. The SMILES string of the molecule is Cc1ccc(C(=O)CN2C(=O)NC(C)(c3ccc(F)c(F)c3)C2=O)s1. The van der Waals surface area contributed by atoms with Crippen molar-refractivity contribution in [2.45, 2.75) is 19.4 Å². The zero-order chi connectivity index (χ0) is 18.4. The predicted octanol–water partition coefficient (Wildman–Crippen LogP) is 2.98. The molecule has 8 heteroatoms. The van der Waals surface area contributed by atoms with E-state index in [4.69, 9.17) is 0 Å². The third kappa shape index (κ3) is 2.93. The molecule has 3 rings (SSSR count). The highest BCUT2D eigenvalue weighted by molar-refractivity contribution is 7.14. The highest BCUT2D eigenvalue weighted by atomic mass is 32.1. The van der Waals surface area contributed by atoms with Gasteiger partial charge in [0.2, 0.25) is 0 Å². The van der Waals surface area contributed by atoms with Crippen LogP contribution in [0.1, 0.15) is 27.0 Å². The van der Waals surface area contributed by atoms with E-state index in [0.29, 0.717) is 4.88 Å². The van der Waals surface area contributed by atoms with Gasteiger partial charge in [-0.15, -0.1) is 11.3 Å². The number of Topliss-reactive ketones (excluding diaryl/α,β-unsaturated/α-hetero) is 1. The molecule has 0 saturated carbocycles. The molecular weight excluding hydrogens is 350 g/mol. The number of hydrogen-bond donors (Lipinski definition) is 1. The van der Waals surface area contributed by atoms with E-state index >= 15 is 0 Å². The topological polar surface area (TPSA) is 66.5 Å². The largest absolute Gasteiger partial charge is 0.325 e. The Morgan fingerprint density at radius 1 is 1.20 bits per heavy atom. The van der Waals surface area contributed by atoms with Gasteiger partial charge in [0.1, 0.15) is 5.54 Å². The zero-order valence-corrected chi connectivity index (χ0v) is 14.2. The molecule has 2 aromatic rings. The van der Waals surface area contributed by atoms with E-state index in [1.54, 1.807) is 12.1 Å². The maximum atomic E-state index is 13.5. The second kappa shape index (κ2) is 6.03. The number of benzene rings is 1. The summed E-state index contributed by atoms with van der Waals surface area (Å²) in [4.78, 5) is 39.3. The third-order valence-electron chi connectivity index (χ3n) is 4.09. The van der Waals surface area contributed by atoms with Gasteiger partial charge < -0.3 is 5.32 Å². The third-order valence-corrected chi connectivity index (χ3v) is 5.13. The Hall–Kier alpha value is -2.61. The first-order valence-electron chi connectivity index (χ1n) is 7.41. The summed E-state index contributed by atoms with van der Waals surface area (Å²) in [5.74, 6) is -3.23. The molecule has 1 fully saturated rings. The number of halogens is 2. The van der Waals surface area contributed by atoms with Crippen molar-refractivity contribution in [3.05, 3.63) is 57.3 Å². The second-order valence-electron chi connectivity index (χ2n) is 5.91. The van der Waals surface area contributed by atoms with Crippen LogP contribution in [-0.4, -0.2) is 29.2 Å². The number of rotatable bonds is 4. The Morgan fingerprint density at radius 3 is 2.52 bits per heavy atom. The Morgan fingerprint density at radius 2 is 1.92 bits per heavy atom. The smallest absolute Gasteiger partial charge is 0.319 e. The van der Waals surface area contributed by atoms with Gasteiger partial charge in [0, 0.05) is 4.88 Å². The molecule has 1 aromatic carbocycles. The fourth-order valence-corrected chi connectivity index (χ4v) is 3.45. The van der Waals surface area contributed by atoms with E-state index in [1.165, 1.54) is 24.3 Å². The lowest BCUT2D eigenvalue weighted by Crippen LogP contribution is -2.41. The first-order chi connectivity index (χ1) is 11.7. The van der Waals surface area contributed by atoms with Gasteiger partial charge in [-0.1, -0.05) is 6.07 Å². The van der Waals surface area contributed by atoms with Crippen LogP contribution >= 0.6 is 11.3 Å². The molecule has 0 spiro atoms. The summed E-state index contributed by atoms with van der Waals surface area (Å²) in [5, 5.41) is 2.45. The number of amides is 3. The van der Waals surface area contributed by atoms with Gasteiger partial charge in [-0.25, -0.2) is 13.6 Å². The molecule has 1 saturated heterocycles. The molecule has 0 bridgehead atoms. The minimum Gasteiger partial charge on any atom is -0.319 e. The summed E-state index contributed by atoms with van der Waals surface area (Å²) < 4.78 is 26.6. The van der Waals surface area contributed by atoms with Gasteiger partial charge in [0.15, 0.2) is 17.4 Å². The number of hydrogen-bond acceptors (Lipinski definition) is 4. The van der Waals surface area contributed by atoms with Gasteiger partial charge in [0.05, 0.1) is 11.4 Å². The molecule has 3 amide bonds. The molecule has 130 valence electrons. The minimum atomic E-state index is -1.56. The summed E-state index contributed by atoms with van der Waals surface area (Å²) in [5.41, 5.74) is -1.45. The normalized spacial score (nSPS) is 20.1. The average Bonchev–Trinajstić information content (AvgIpc) is 3.08. The van der Waals surface area contributed by atoms with Crippen molar-refractivity contribution in [2.75, 3.05) is 6.54 Å². The number of thiophene rings is 1. The monoisotopic (exact) mass is 364 g/mol. The number of nitrogens with zero attached hydrogens (tertiary/aromatic N) is 1. The minimum absolute atomic E-state index is 0.103. The van der Waals surface area contributed by atoms with E-state index in [2.05, 4.69) is 5.32 Å². The highest BCUT2D eigenvalue weighted by Gasteiger charge is 2.49. The lowest BCUT2D eigenvalue weighted by molar-refractivity contribution is -0.130. The summed E-state index contributed by atoms with van der Waals surface area (Å²) in [6, 6.07) is 5.63. The van der Waals surface area contributed by atoms with Crippen LogP contribution < -0.4 is 5.32 Å². The number of carbonyl (C=O) groups is 3. The number of nitrogens with one attached hydrogen (secondary N) is 1. The van der Waals surface area contributed by atoms with E-state index in [-0.39, 0.29) is 11.3 Å². The molecule has 1 N–H and O–H groups in total. The first kappa shape index (κ1) is 17.2. The molecule has 5 nitrogen and oxygen atoms in total. The molecule has 1 atom stereocenters. The van der Waals surface area contributed by atoms with Crippen molar-refractivity contribution in [3.63, 3.8) is 0 Å². The Labute approximate surface area is 146 Å². The summed E-state index contributed by atoms with van der Waals surface area (Å²) >= 11 is 1.27. The van der Waals surface area contributed by atoms with Crippen molar-refractivity contribution in [1.82, 2.24) is 10.2 Å². The van der Waals surface area contributed by atoms with Crippen molar-refractivity contribution in [3.8, 4) is 0 Å². The van der Waals surface area contributed by atoms with Crippen LogP contribution in [-0.2, 0) is 10.3 Å². The van der Waals surface area contributed by atoms with Gasteiger partial charge in [-0.05, 0) is 43.7 Å². The Bertz CT molecular complexity index is 896. The maximum absolute atomic E-state index is 13.5. The van der Waals surface area contributed by atoms with Gasteiger partial charge in [-0.2, -0.15) is 0 Å². The fourth-order valence-electron chi connectivity index (χ4n) is 2.65. The van der Waals surface area contributed by atoms with E-state index < -0.39 is 35.7 Å². The quantitative estimate of drug-likeness (QED) is 0.670. The molecule has 25 heavy (non-hydrogen) atoms. The summed E-state index contributed by atoms with van der Waals surface area (Å²) in [6.07, 6.45) is 0. The molecule has 0 aliphatic carbocycles. The fraction of sp³-hybridized carbons (Fsp3) is 0.235. The number of imide groups is 1. The Balaban J connectivity index is 1.86. The first-order valence-corrected chi connectivity index (χ1v) is 8.23. The average molecular weight is 364 g/mol. The van der Waals surface area contributed by atoms with Gasteiger partial charge in [-0.3, -0.25) is 14.5 Å². The molecule has 1 aliphatic heterocycles. The standard InChI is InChI=1S/C17H14F2N2O3S/c1-9-3-6-14(25-9)13(22)8-21-15(23)17(2,20-16(21)24)10-4-5-11(18)12(19)7-10/h3-7H,8H2,1-2H3,(H,20,24). The molecule has 2 heterocycles. The summed E-state index contributed by atoms with van der Waals surface area (Å²) in [7, 11) is 0. The molecule has 1 aromatic heterocycles. The maximum Gasteiger partial charge on any atom is 0.325 e. The lowest BCUT2D eigenvalue weighted by Gasteiger charge is -2.22. The number of carbonyl (C=O) groups excluding carboxylic acids is 3. The van der Waals surface area contributed by atoms with Crippen LogP contribution in [0, 0.1) is 18.6 Å². The highest BCUT2D eigenvalue weighted by Crippen LogP contribution is 2.30. The second-order valence-corrected chi connectivity index (χ2v) is 7.20.